The van der Waals surface area contributed by atoms with Crippen LogP contribution in [0.25, 0.3) is 0 Å². The van der Waals surface area contributed by atoms with Crippen molar-refractivity contribution in [2.75, 3.05) is 0 Å². The van der Waals surface area contributed by atoms with Gasteiger partial charge in [0.15, 0.2) is 0 Å². The smallest absolute Gasteiger partial charge is 0.408 e. The molecule has 0 spiro atoms. The minimum atomic E-state index is -1.37. The van der Waals surface area contributed by atoms with Gasteiger partial charge in [0.1, 0.15) is 5.60 Å². The van der Waals surface area contributed by atoms with E-state index in [2.05, 4.69) is 5.32 Å². The van der Waals surface area contributed by atoms with Crippen LogP contribution in [0.15, 0.2) is 24.3 Å². The molecule has 0 aliphatic rings. The van der Waals surface area contributed by atoms with Crippen molar-refractivity contribution in [3.63, 3.8) is 0 Å². The van der Waals surface area contributed by atoms with Crippen LogP contribution in [0.1, 0.15) is 26.3 Å². The first kappa shape index (κ1) is 16.3. The Morgan fingerprint density at radius 3 is 2.30 bits per heavy atom. The third-order valence-electron chi connectivity index (χ3n) is 2.33. The molecule has 1 aromatic rings. The molecule has 0 radical (unpaired) electrons. The number of amides is 1. The van der Waals surface area contributed by atoms with Crippen LogP contribution in [-0.4, -0.2) is 23.7 Å². The molecule has 0 aliphatic heterocycles. The van der Waals surface area contributed by atoms with E-state index in [-0.39, 0.29) is 6.42 Å². The number of ether oxygens (including phenoxy) is 1. The van der Waals surface area contributed by atoms with E-state index in [0.29, 0.717) is 5.02 Å². The van der Waals surface area contributed by atoms with Gasteiger partial charge in [0, 0.05) is 5.02 Å². The van der Waals surface area contributed by atoms with Crippen molar-refractivity contribution in [1.82, 2.24) is 5.32 Å². The summed E-state index contributed by atoms with van der Waals surface area (Å²) in [6.07, 6.45) is -0.695. The fourth-order valence-electron chi connectivity index (χ4n) is 1.50. The Labute approximate surface area is 122 Å². The third-order valence-corrected chi connectivity index (χ3v) is 2.58. The molecule has 0 unspecified atom stereocenters. The number of carboxylic acid groups (broad SMARTS) is 1. The highest BCUT2D eigenvalue weighted by Crippen LogP contribution is 2.12. The fourth-order valence-corrected chi connectivity index (χ4v) is 1.63. The van der Waals surface area contributed by atoms with Crippen LogP contribution in [0.3, 0.4) is 0 Å². The van der Waals surface area contributed by atoms with Gasteiger partial charge in [-0.1, -0.05) is 23.7 Å². The number of carboxylic acids is 1. The zero-order valence-corrected chi connectivity index (χ0v) is 12.4. The average Bonchev–Trinajstić information content (AvgIpc) is 2.28. The number of aliphatic carboxylic acids is 1. The summed E-state index contributed by atoms with van der Waals surface area (Å²) in [6, 6.07) is 5.52. The molecule has 0 fully saturated rings. The summed E-state index contributed by atoms with van der Waals surface area (Å²) < 4.78 is 5.01. The molecule has 0 saturated heterocycles. The van der Waals surface area contributed by atoms with Gasteiger partial charge in [0.05, 0.1) is 12.0 Å². The van der Waals surface area contributed by atoms with E-state index in [1.807, 2.05) is 0 Å². The number of carbonyl (C=O) groups is 2. The van der Waals surface area contributed by atoms with Gasteiger partial charge in [-0.2, -0.15) is 0 Å². The molecular weight excluding hydrogens is 282 g/mol. The standard InChI is InChI=1S/C14H18ClNO4/c1-14(2,3)20-13(19)16-11(12(17)18)8-9-4-6-10(15)7-5-9/h4-7,11H,8H2,1-3H3,(H,16,19)(H,17,18)/p-1/t11-/m1/s1. The summed E-state index contributed by atoms with van der Waals surface area (Å²) in [7, 11) is 0. The van der Waals surface area contributed by atoms with Gasteiger partial charge in [-0.05, 0) is 44.9 Å². The molecule has 5 nitrogen and oxygen atoms in total. The van der Waals surface area contributed by atoms with Crippen LogP contribution < -0.4 is 10.4 Å². The number of nitrogens with one attached hydrogen (secondary N) is 1. The SMILES string of the molecule is CC(C)(C)OC(=O)N[C@H](Cc1ccc(Cl)cc1)C(=O)[O-]. The highest BCUT2D eigenvalue weighted by atomic mass is 35.5. The van der Waals surface area contributed by atoms with Crippen molar-refractivity contribution in [2.45, 2.75) is 38.8 Å². The molecule has 1 atom stereocenters. The minimum Gasteiger partial charge on any atom is -0.548 e. The van der Waals surface area contributed by atoms with Crippen LogP contribution in [0, 0.1) is 0 Å². The molecule has 1 aromatic carbocycles. The third kappa shape index (κ3) is 5.93. The maximum Gasteiger partial charge on any atom is 0.408 e. The van der Waals surface area contributed by atoms with Crippen LogP contribution in [-0.2, 0) is 16.0 Å². The van der Waals surface area contributed by atoms with E-state index in [1.54, 1.807) is 45.0 Å². The van der Waals surface area contributed by atoms with Gasteiger partial charge in [0.25, 0.3) is 0 Å². The molecule has 6 heteroatoms. The van der Waals surface area contributed by atoms with Crippen molar-refractivity contribution in [3.8, 4) is 0 Å². The maximum atomic E-state index is 11.6. The number of rotatable bonds is 4. The lowest BCUT2D eigenvalue weighted by molar-refractivity contribution is -0.308. The number of hydrogen-bond donors (Lipinski definition) is 1. The Kier molecular flexibility index (Phi) is 5.39. The summed E-state index contributed by atoms with van der Waals surface area (Å²) in [5, 5.41) is 13.9. The topological polar surface area (TPSA) is 78.5 Å². The molecule has 1 amide bonds. The zero-order chi connectivity index (χ0) is 15.3. The molecule has 1 N–H and O–H groups in total. The first-order valence-electron chi connectivity index (χ1n) is 6.12. The molecule has 0 aromatic heterocycles. The predicted molar refractivity (Wildman–Crippen MR) is 73.3 cm³/mol. The Morgan fingerprint density at radius 2 is 1.85 bits per heavy atom. The van der Waals surface area contributed by atoms with Gasteiger partial charge in [0.2, 0.25) is 0 Å². The van der Waals surface area contributed by atoms with Crippen molar-refractivity contribution in [3.05, 3.63) is 34.9 Å². The van der Waals surface area contributed by atoms with Gasteiger partial charge in [-0.25, -0.2) is 4.79 Å². The van der Waals surface area contributed by atoms with Crippen LogP contribution in [0.5, 0.6) is 0 Å². The maximum absolute atomic E-state index is 11.6. The quantitative estimate of drug-likeness (QED) is 0.914. The monoisotopic (exact) mass is 298 g/mol. The van der Waals surface area contributed by atoms with Crippen molar-refractivity contribution in [1.29, 1.82) is 0 Å². The van der Waals surface area contributed by atoms with Crippen molar-refractivity contribution < 1.29 is 19.4 Å². The Morgan fingerprint density at radius 1 is 1.30 bits per heavy atom. The molecule has 0 heterocycles. The predicted octanol–water partition coefficient (Wildman–Crippen LogP) is 1.53. The molecule has 0 aliphatic carbocycles. The lowest BCUT2D eigenvalue weighted by Gasteiger charge is -2.24. The lowest BCUT2D eigenvalue weighted by atomic mass is 10.1. The molecular formula is C14H17ClNO4-. The van der Waals surface area contributed by atoms with Crippen molar-refractivity contribution in [2.24, 2.45) is 0 Å². The van der Waals surface area contributed by atoms with E-state index in [1.165, 1.54) is 0 Å². The molecule has 20 heavy (non-hydrogen) atoms. The van der Waals surface area contributed by atoms with Crippen molar-refractivity contribution >= 4 is 23.7 Å². The first-order chi connectivity index (χ1) is 9.17. The highest BCUT2D eigenvalue weighted by Gasteiger charge is 2.20. The summed E-state index contributed by atoms with van der Waals surface area (Å²) in [5.41, 5.74) is 0.0283. The number of carbonyl (C=O) groups excluding carboxylic acids is 2. The van der Waals surface area contributed by atoms with E-state index >= 15 is 0 Å². The fraction of sp³-hybridized carbons (Fsp3) is 0.429. The van der Waals surface area contributed by atoms with E-state index < -0.39 is 23.7 Å². The summed E-state index contributed by atoms with van der Waals surface area (Å²) in [6.45, 7) is 5.08. The Bertz CT molecular complexity index is 479. The van der Waals surface area contributed by atoms with Crippen LogP contribution >= 0.6 is 11.6 Å². The summed E-state index contributed by atoms with van der Waals surface area (Å²) in [4.78, 5) is 22.6. The Hall–Kier alpha value is -1.75. The highest BCUT2D eigenvalue weighted by molar-refractivity contribution is 6.30. The average molecular weight is 299 g/mol. The number of halogens is 1. The zero-order valence-electron chi connectivity index (χ0n) is 11.6. The number of hydrogen-bond acceptors (Lipinski definition) is 4. The second-order valence-corrected chi connectivity index (χ2v) is 5.78. The Balaban J connectivity index is 2.68. The lowest BCUT2D eigenvalue weighted by Crippen LogP contribution is -2.50. The summed E-state index contributed by atoms with van der Waals surface area (Å²) >= 11 is 5.75. The van der Waals surface area contributed by atoms with Gasteiger partial charge < -0.3 is 20.0 Å². The number of benzene rings is 1. The number of alkyl carbamates (subject to hydrolysis) is 1. The molecule has 110 valence electrons. The normalized spacial score (nSPS) is 12.6. The van der Waals surface area contributed by atoms with Gasteiger partial charge >= 0.3 is 6.09 Å². The van der Waals surface area contributed by atoms with E-state index in [0.717, 1.165) is 5.56 Å². The second kappa shape index (κ2) is 6.61. The second-order valence-electron chi connectivity index (χ2n) is 5.35. The largest absolute Gasteiger partial charge is 0.548 e. The molecule has 1 rings (SSSR count). The van der Waals surface area contributed by atoms with Gasteiger partial charge in [-0.3, -0.25) is 0 Å². The van der Waals surface area contributed by atoms with Crippen LogP contribution in [0.4, 0.5) is 4.79 Å². The molecule has 0 saturated carbocycles. The van der Waals surface area contributed by atoms with E-state index in [4.69, 9.17) is 16.3 Å². The first-order valence-corrected chi connectivity index (χ1v) is 6.50. The van der Waals surface area contributed by atoms with Crippen LogP contribution in [0.2, 0.25) is 5.02 Å². The van der Waals surface area contributed by atoms with E-state index in [9.17, 15) is 14.7 Å². The molecule has 0 bridgehead atoms. The minimum absolute atomic E-state index is 0.0960. The summed E-state index contributed by atoms with van der Waals surface area (Å²) in [5.74, 6) is -1.37. The van der Waals surface area contributed by atoms with Gasteiger partial charge in [-0.15, -0.1) is 0 Å².